The highest BCUT2D eigenvalue weighted by atomic mass is 16.6. The molecule has 2 saturated heterocycles. The van der Waals surface area contributed by atoms with E-state index in [0.29, 0.717) is 19.3 Å². The predicted molar refractivity (Wildman–Crippen MR) is 110 cm³/mol. The topological polar surface area (TPSA) is 82.1 Å². The lowest BCUT2D eigenvalue weighted by atomic mass is 10.0. The summed E-state index contributed by atoms with van der Waals surface area (Å²) in [5, 5.41) is 0. The Hall–Kier alpha value is -2.93. The standard InChI is InChI=1S/C23H27NO6/c1-15(23(27)28-3)11-22(26)29-18-12-17-13-20(19(14-18)24(17)2)30-21(25)10-9-16-7-5-4-6-8-16/h4-11,17-20H,12-14H2,1-3H3/b10-9+,15-11+/t17-,18-,19+,20-/m1/s1. The lowest BCUT2D eigenvalue weighted by Gasteiger charge is -2.36. The molecule has 2 fully saturated rings. The quantitative estimate of drug-likeness (QED) is 0.403. The van der Waals surface area contributed by atoms with E-state index in [4.69, 9.17) is 9.47 Å². The zero-order valence-electron chi connectivity index (χ0n) is 17.4. The molecule has 30 heavy (non-hydrogen) atoms. The van der Waals surface area contributed by atoms with Gasteiger partial charge < -0.3 is 14.2 Å². The number of ether oxygens (including phenoxy) is 3. The Balaban J connectivity index is 1.56. The van der Waals surface area contributed by atoms with E-state index >= 15 is 0 Å². The van der Waals surface area contributed by atoms with Gasteiger partial charge in [-0.2, -0.15) is 0 Å². The largest absolute Gasteiger partial charge is 0.466 e. The molecule has 1 aromatic carbocycles. The van der Waals surface area contributed by atoms with Crippen LogP contribution in [-0.4, -0.2) is 61.3 Å². The molecule has 0 N–H and O–H groups in total. The van der Waals surface area contributed by atoms with Crippen molar-refractivity contribution >= 4 is 24.0 Å². The van der Waals surface area contributed by atoms with Gasteiger partial charge in [-0.05, 0) is 25.6 Å². The van der Waals surface area contributed by atoms with Crippen molar-refractivity contribution in [2.45, 2.75) is 50.5 Å². The van der Waals surface area contributed by atoms with Crippen LogP contribution in [0.15, 0.2) is 48.1 Å². The number of nitrogens with zero attached hydrogens (tertiary/aromatic N) is 1. The van der Waals surface area contributed by atoms with Crippen LogP contribution in [0.4, 0.5) is 0 Å². The molecule has 7 nitrogen and oxygen atoms in total. The maximum absolute atomic E-state index is 12.3. The minimum absolute atomic E-state index is 0.0127. The summed E-state index contributed by atoms with van der Waals surface area (Å²) >= 11 is 0. The monoisotopic (exact) mass is 413 g/mol. The summed E-state index contributed by atoms with van der Waals surface area (Å²) in [5.74, 6) is -1.51. The van der Waals surface area contributed by atoms with Gasteiger partial charge in [0, 0.05) is 43.0 Å². The molecule has 1 aromatic rings. The summed E-state index contributed by atoms with van der Waals surface area (Å²) in [7, 11) is 3.26. The molecule has 3 rings (SSSR count). The molecule has 2 aliphatic heterocycles. The fraction of sp³-hybridized carbons (Fsp3) is 0.435. The summed E-state index contributed by atoms with van der Waals surface area (Å²) in [5.41, 5.74) is 1.12. The number of methoxy groups -OCH3 is 1. The van der Waals surface area contributed by atoms with Gasteiger partial charge in [-0.25, -0.2) is 14.4 Å². The Morgan fingerprint density at radius 2 is 1.77 bits per heavy atom. The number of hydrogen-bond acceptors (Lipinski definition) is 7. The Morgan fingerprint density at radius 1 is 1.03 bits per heavy atom. The second-order valence-electron chi connectivity index (χ2n) is 7.69. The third-order valence-corrected chi connectivity index (χ3v) is 5.68. The van der Waals surface area contributed by atoms with Crippen LogP contribution >= 0.6 is 0 Å². The van der Waals surface area contributed by atoms with E-state index in [1.54, 1.807) is 6.08 Å². The molecular formula is C23H27NO6. The van der Waals surface area contributed by atoms with Gasteiger partial charge in [-0.1, -0.05) is 30.3 Å². The summed E-state index contributed by atoms with van der Waals surface area (Å²) in [6.45, 7) is 1.50. The van der Waals surface area contributed by atoms with E-state index in [2.05, 4.69) is 9.64 Å². The molecule has 0 amide bonds. The van der Waals surface area contributed by atoms with Gasteiger partial charge in [0.2, 0.25) is 0 Å². The van der Waals surface area contributed by atoms with Crippen molar-refractivity contribution in [3.05, 3.63) is 53.6 Å². The van der Waals surface area contributed by atoms with Crippen LogP contribution < -0.4 is 0 Å². The number of carbonyl (C=O) groups excluding carboxylic acids is 3. The van der Waals surface area contributed by atoms with E-state index in [9.17, 15) is 14.4 Å². The van der Waals surface area contributed by atoms with Gasteiger partial charge in [0.1, 0.15) is 12.2 Å². The van der Waals surface area contributed by atoms with Gasteiger partial charge in [-0.15, -0.1) is 0 Å². The van der Waals surface area contributed by atoms with E-state index in [1.165, 1.54) is 20.1 Å². The summed E-state index contributed by atoms with van der Waals surface area (Å²) in [6.07, 6.45) is 5.73. The number of hydrogen-bond donors (Lipinski definition) is 0. The normalized spacial score (nSPS) is 26.4. The molecular weight excluding hydrogens is 386 g/mol. The molecule has 0 aliphatic carbocycles. The zero-order chi connectivity index (χ0) is 21.7. The van der Waals surface area contributed by atoms with Crippen molar-refractivity contribution in [1.82, 2.24) is 4.90 Å². The minimum atomic E-state index is -0.564. The van der Waals surface area contributed by atoms with Crippen LogP contribution in [0.3, 0.4) is 0 Å². The van der Waals surface area contributed by atoms with Gasteiger partial charge in [0.15, 0.2) is 0 Å². The average Bonchev–Trinajstić information content (AvgIpc) is 2.89. The molecule has 2 aliphatic rings. The molecule has 2 heterocycles. The third kappa shape index (κ3) is 5.36. The van der Waals surface area contributed by atoms with E-state index < -0.39 is 11.9 Å². The first-order valence-electron chi connectivity index (χ1n) is 10.00. The lowest BCUT2D eigenvalue weighted by Crippen LogP contribution is -2.46. The van der Waals surface area contributed by atoms with Crippen LogP contribution in [0.5, 0.6) is 0 Å². The highest BCUT2D eigenvalue weighted by Gasteiger charge is 2.47. The summed E-state index contributed by atoms with van der Waals surface area (Å²) in [6, 6.07) is 9.71. The van der Waals surface area contributed by atoms with Crippen LogP contribution in [-0.2, 0) is 28.6 Å². The molecule has 160 valence electrons. The van der Waals surface area contributed by atoms with Crippen molar-refractivity contribution in [2.24, 2.45) is 0 Å². The van der Waals surface area contributed by atoms with Gasteiger partial charge in [0.25, 0.3) is 0 Å². The first kappa shape index (κ1) is 21.8. The Labute approximate surface area is 176 Å². The van der Waals surface area contributed by atoms with E-state index in [1.807, 2.05) is 37.4 Å². The minimum Gasteiger partial charge on any atom is -0.466 e. The van der Waals surface area contributed by atoms with E-state index in [0.717, 1.165) is 11.6 Å². The van der Waals surface area contributed by atoms with Crippen LogP contribution in [0, 0.1) is 0 Å². The number of carbonyl (C=O) groups is 3. The first-order chi connectivity index (χ1) is 14.4. The molecule has 0 unspecified atom stereocenters. The highest BCUT2D eigenvalue weighted by molar-refractivity contribution is 5.95. The molecule has 0 radical (unpaired) electrons. The molecule has 0 saturated carbocycles. The van der Waals surface area contributed by atoms with Crippen LogP contribution in [0.1, 0.15) is 31.7 Å². The van der Waals surface area contributed by atoms with Crippen LogP contribution in [0.25, 0.3) is 6.08 Å². The van der Waals surface area contributed by atoms with E-state index in [-0.39, 0.29) is 35.8 Å². The van der Waals surface area contributed by atoms with Crippen LogP contribution in [0.2, 0.25) is 0 Å². The fourth-order valence-electron chi connectivity index (χ4n) is 4.11. The van der Waals surface area contributed by atoms with Gasteiger partial charge >= 0.3 is 17.9 Å². The van der Waals surface area contributed by atoms with Crippen molar-refractivity contribution < 1.29 is 28.6 Å². The first-order valence-corrected chi connectivity index (χ1v) is 10.00. The van der Waals surface area contributed by atoms with Gasteiger partial charge in [-0.3, -0.25) is 4.90 Å². The number of benzene rings is 1. The number of piperidine rings is 1. The zero-order valence-corrected chi connectivity index (χ0v) is 17.4. The number of fused-ring (bicyclic) bond motifs is 2. The lowest BCUT2D eigenvalue weighted by molar-refractivity contribution is -0.150. The molecule has 0 aromatic heterocycles. The molecule has 2 bridgehead atoms. The second kappa shape index (κ2) is 9.71. The number of rotatable bonds is 6. The Morgan fingerprint density at radius 3 is 2.47 bits per heavy atom. The third-order valence-electron chi connectivity index (χ3n) is 5.68. The number of likely N-dealkylation sites (N-methyl/N-ethyl adjacent to an activating group) is 1. The second-order valence-corrected chi connectivity index (χ2v) is 7.69. The molecule has 4 atom stereocenters. The fourth-order valence-corrected chi connectivity index (χ4v) is 4.11. The maximum Gasteiger partial charge on any atom is 0.333 e. The Kier molecular flexibility index (Phi) is 7.05. The smallest absolute Gasteiger partial charge is 0.333 e. The van der Waals surface area contributed by atoms with Crippen molar-refractivity contribution in [3.8, 4) is 0 Å². The summed E-state index contributed by atoms with van der Waals surface area (Å²) in [4.78, 5) is 38.0. The highest BCUT2D eigenvalue weighted by Crippen LogP contribution is 2.37. The van der Waals surface area contributed by atoms with Gasteiger partial charge in [0.05, 0.1) is 13.2 Å². The van der Waals surface area contributed by atoms with Crippen molar-refractivity contribution in [3.63, 3.8) is 0 Å². The Bertz CT molecular complexity index is 847. The maximum atomic E-state index is 12.3. The molecule has 0 spiro atoms. The SMILES string of the molecule is COC(=O)/C(C)=C/C(=O)O[C@@H]1C[C@@H]2C[C@@H](OC(=O)/C=C/c3ccccc3)[C@H](C1)N2C. The van der Waals surface area contributed by atoms with Crippen molar-refractivity contribution in [2.75, 3.05) is 14.2 Å². The average molecular weight is 413 g/mol. The number of esters is 3. The molecule has 7 heteroatoms. The summed E-state index contributed by atoms with van der Waals surface area (Å²) < 4.78 is 15.8. The predicted octanol–water partition coefficient (Wildman–Crippen LogP) is 2.51. The van der Waals surface area contributed by atoms with Crippen molar-refractivity contribution in [1.29, 1.82) is 0 Å².